The molecule has 0 saturated heterocycles. The standard InChI is InChI=1S/C4H6O3.C3H8O2/c1-3-4(5)7-6-2;1-3(5)2-4/h3H,1H2,2H3;3-5H,2H2,1H3. The lowest BCUT2D eigenvalue weighted by Gasteiger charge is -1.90. The maximum atomic E-state index is 9.95. The number of hydrogen-bond donors (Lipinski definition) is 2. The molecule has 0 aliphatic heterocycles. The fourth-order valence-corrected chi connectivity index (χ4v) is 0.116. The van der Waals surface area contributed by atoms with Gasteiger partial charge in [-0.1, -0.05) is 6.58 Å². The van der Waals surface area contributed by atoms with E-state index >= 15 is 0 Å². The van der Waals surface area contributed by atoms with Gasteiger partial charge in [-0.2, -0.15) is 4.89 Å². The summed E-state index contributed by atoms with van der Waals surface area (Å²) in [5.74, 6) is -0.581. The molecule has 5 heteroatoms. The van der Waals surface area contributed by atoms with Gasteiger partial charge in [0, 0.05) is 6.08 Å². The van der Waals surface area contributed by atoms with Gasteiger partial charge in [0.05, 0.1) is 19.8 Å². The maximum Gasteiger partial charge on any atom is 0.365 e. The Balaban J connectivity index is 0. The topological polar surface area (TPSA) is 76.0 Å². The Morgan fingerprint density at radius 2 is 2.17 bits per heavy atom. The van der Waals surface area contributed by atoms with Crippen LogP contribution in [0.2, 0.25) is 0 Å². The minimum atomic E-state index is -0.581. The number of carbonyl (C=O) groups excluding carboxylic acids is 1. The first-order valence-electron chi connectivity index (χ1n) is 3.24. The number of carbonyl (C=O) groups is 1. The van der Waals surface area contributed by atoms with E-state index in [0.29, 0.717) is 0 Å². The van der Waals surface area contributed by atoms with Gasteiger partial charge in [0.2, 0.25) is 0 Å². The third kappa shape index (κ3) is 16.0. The second-order valence-corrected chi connectivity index (χ2v) is 1.80. The molecule has 0 heterocycles. The fraction of sp³-hybridized carbons (Fsp3) is 0.571. The van der Waals surface area contributed by atoms with Crippen LogP contribution in [0.25, 0.3) is 0 Å². The van der Waals surface area contributed by atoms with Crippen LogP contribution in [-0.4, -0.2) is 36.0 Å². The monoisotopic (exact) mass is 178 g/mol. The van der Waals surface area contributed by atoms with Crippen molar-refractivity contribution < 1.29 is 24.8 Å². The van der Waals surface area contributed by atoms with Gasteiger partial charge < -0.3 is 10.2 Å². The molecule has 0 aromatic carbocycles. The van der Waals surface area contributed by atoms with Crippen molar-refractivity contribution in [1.29, 1.82) is 0 Å². The Morgan fingerprint density at radius 1 is 1.75 bits per heavy atom. The summed E-state index contributed by atoms with van der Waals surface area (Å²) in [7, 11) is 1.25. The summed E-state index contributed by atoms with van der Waals surface area (Å²) in [5.41, 5.74) is 0. The van der Waals surface area contributed by atoms with Crippen molar-refractivity contribution in [2.45, 2.75) is 13.0 Å². The van der Waals surface area contributed by atoms with Gasteiger partial charge in [0.1, 0.15) is 0 Å². The highest BCUT2D eigenvalue weighted by Crippen LogP contribution is 1.74. The number of rotatable bonds is 3. The summed E-state index contributed by atoms with van der Waals surface area (Å²) in [6.07, 6.45) is 0.457. The van der Waals surface area contributed by atoms with Gasteiger partial charge in [-0.25, -0.2) is 4.79 Å². The van der Waals surface area contributed by atoms with Crippen molar-refractivity contribution in [1.82, 2.24) is 0 Å². The first kappa shape index (κ1) is 13.7. The molecule has 0 rings (SSSR count). The molecule has 0 bridgehead atoms. The minimum Gasteiger partial charge on any atom is -0.394 e. The zero-order valence-electron chi connectivity index (χ0n) is 7.19. The molecule has 12 heavy (non-hydrogen) atoms. The third-order valence-corrected chi connectivity index (χ3v) is 0.596. The van der Waals surface area contributed by atoms with Crippen LogP contribution in [0.4, 0.5) is 0 Å². The van der Waals surface area contributed by atoms with Crippen LogP contribution in [0.15, 0.2) is 12.7 Å². The quantitative estimate of drug-likeness (QED) is 0.350. The zero-order valence-corrected chi connectivity index (χ0v) is 7.19. The SMILES string of the molecule is C=CC(=O)OOC.CC(O)CO. The Hall–Kier alpha value is -0.910. The summed E-state index contributed by atoms with van der Waals surface area (Å²) in [4.78, 5) is 17.9. The summed E-state index contributed by atoms with van der Waals surface area (Å²) in [6.45, 7) is 4.51. The smallest absolute Gasteiger partial charge is 0.365 e. The molecule has 0 aromatic rings. The summed E-state index contributed by atoms with van der Waals surface area (Å²) in [5, 5.41) is 16.0. The average Bonchev–Trinajstić information content (AvgIpc) is 2.06. The molecule has 5 nitrogen and oxygen atoms in total. The van der Waals surface area contributed by atoms with Crippen molar-refractivity contribution >= 4 is 5.97 Å². The Bertz CT molecular complexity index is 121. The second-order valence-electron chi connectivity index (χ2n) is 1.80. The van der Waals surface area contributed by atoms with Crippen LogP contribution in [0, 0.1) is 0 Å². The number of aliphatic hydroxyl groups excluding tert-OH is 2. The van der Waals surface area contributed by atoms with Gasteiger partial charge in [-0.3, -0.25) is 4.89 Å². The molecule has 0 saturated carbocycles. The highest BCUT2D eigenvalue weighted by molar-refractivity contribution is 5.80. The van der Waals surface area contributed by atoms with Crippen LogP contribution >= 0.6 is 0 Å². The predicted octanol–water partition coefficient (Wildman–Crippen LogP) is -0.364. The van der Waals surface area contributed by atoms with Crippen molar-refractivity contribution in [2.75, 3.05) is 13.7 Å². The zero-order chi connectivity index (χ0) is 9.98. The van der Waals surface area contributed by atoms with E-state index in [4.69, 9.17) is 10.2 Å². The normalized spacial score (nSPS) is 10.7. The number of hydrogen-bond acceptors (Lipinski definition) is 5. The van der Waals surface area contributed by atoms with Gasteiger partial charge in [-0.05, 0) is 6.92 Å². The van der Waals surface area contributed by atoms with Gasteiger partial charge in [0.25, 0.3) is 0 Å². The maximum absolute atomic E-state index is 9.95. The van der Waals surface area contributed by atoms with E-state index in [0.717, 1.165) is 6.08 Å². The fourth-order valence-electron chi connectivity index (χ4n) is 0.116. The van der Waals surface area contributed by atoms with Crippen LogP contribution < -0.4 is 0 Å². The molecular formula is C7H14O5. The molecule has 0 aromatic heterocycles. The van der Waals surface area contributed by atoms with E-state index in [2.05, 4.69) is 16.4 Å². The van der Waals surface area contributed by atoms with E-state index in [-0.39, 0.29) is 6.61 Å². The predicted molar refractivity (Wildman–Crippen MR) is 42.1 cm³/mol. The van der Waals surface area contributed by atoms with Gasteiger partial charge in [0.15, 0.2) is 0 Å². The average molecular weight is 178 g/mol. The Morgan fingerprint density at radius 3 is 2.25 bits per heavy atom. The molecule has 0 spiro atoms. The summed E-state index contributed by atoms with van der Waals surface area (Å²) >= 11 is 0. The van der Waals surface area contributed by atoms with Crippen molar-refractivity contribution in [3.05, 3.63) is 12.7 Å². The van der Waals surface area contributed by atoms with E-state index in [1.54, 1.807) is 0 Å². The molecule has 0 radical (unpaired) electrons. The van der Waals surface area contributed by atoms with Crippen LogP contribution in [-0.2, 0) is 14.6 Å². The molecular weight excluding hydrogens is 164 g/mol. The summed E-state index contributed by atoms with van der Waals surface area (Å²) in [6, 6.07) is 0. The van der Waals surface area contributed by atoms with Crippen LogP contribution in [0.1, 0.15) is 6.92 Å². The largest absolute Gasteiger partial charge is 0.394 e. The van der Waals surface area contributed by atoms with Crippen molar-refractivity contribution in [3.63, 3.8) is 0 Å². The van der Waals surface area contributed by atoms with Gasteiger partial charge >= 0.3 is 5.97 Å². The Labute approximate surface area is 71.2 Å². The second kappa shape index (κ2) is 10.1. The van der Waals surface area contributed by atoms with E-state index in [1.165, 1.54) is 14.0 Å². The van der Waals surface area contributed by atoms with Gasteiger partial charge in [-0.15, -0.1) is 0 Å². The molecule has 2 N–H and O–H groups in total. The van der Waals surface area contributed by atoms with Crippen molar-refractivity contribution in [2.24, 2.45) is 0 Å². The highest BCUT2D eigenvalue weighted by Gasteiger charge is 1.88. The van der Waals surface area contributed by atoms with E-state index in [9.17, 15) is 4.79 Å². The lowest BCUT2D eigenvalue weighted by Crippen LogP contribution is -2.03. The van der Waals surface area contributed by atoms with E-state index in [1.807, 2.05) is 0 Å². The molecule has 1 atom stereocenters. The Kier molecular flexibility index (Phi) is 11.5. The first-order valence-corrected chi connectivity index (χ1v) is 3.24. The molecule has 0 amide bonds. The highest BCUT2D eigenvalue weighted by atomic mass is 17.2. The van der Waals surface area contributed by atoms with Crippen LogP contribution in [0.3, 0.4) is 0 Å². The third-order valence-electron chi connectivity index (χ3n) is 0.596. The molecule has 72 valence electrons. The number of aliphatic hydroxyl groups is 2. The van der Waals surface area contributed by atoms with Crippen LogP contribution in [0.5, 0.6) is 0 Å². The van der Waals surface area contributed by atoms with E-state index < -0.39 is 12.1 Å². The van der Waals surface area contributed by atoms with Crippen molar-refractivity contribution in [3.8, 4) is 0 Å². The lowest BCUT2D eigenvalue weighted by atomic mass is 10.5. The minimum absolute atomic E-state index is 0.139. The first-order chi connectivity index (χ1) is 5.58. The molecule has 0 aliphatic rings. The molecule has 0 aliphatic carbocycles. The summed E-state index contributed by atoms with van der Waals surface area (Å²) < 4.78 is 0. The lowest BCUT2D eigenvalue weighted by molar-refractivity contribution is -0.249. The molecule has 1 unspecified atom stereocenters. The molecule has 0 fully saturated rings.